The predicted octanol–water partition coefficient (Wildman–Crippen LogP) is 0.0747. The largest absolute Gasteiger partial charge is 0.609 e. The molecule has 0 amide bonds. The topological polar surface area (TPSA) is 51.7 Å². The van der Waals surface area contributed by atoms with Gasteiger partial charge in [-0.15, -0.1) is 0 Å². The van der Waals surface area contributed by atoms with Crippen molar-refractivity contribution in [2.75, 3.05) is 5.43 Å². The van der Waals surface area contributed by atoms with Crippen LogP contribution in [0.1, 0.15) is 0 Å². The van der Waals surface area contributed by atoms with Crippen molar-refractivity contribution in [3.63, 3.8) is 0 Å². The molecule has 0 saturated carbocycles. The molecule has 0 saturated heterocycles. The highest BCUT2D eigenvalue weighted by Crippen LogP contribution is 2.00. The van der Waals surface area contributed by atoms with E-state index in [1.165, 1.54) is 0 Å². The van der Waals surface area contributed by atoms with Crippen molar-refractivity contribution >= 4 is 5.69 Å². The summed E-state index contributed by atoms with van der Waals surface area (Å²) in [7, 11) is 0. The lowest BCUT2D eigenvalue weighted by atomic mass is 10.3. The third-order valence-corrected chi connectivity index (χ3v) is 0.999. The Kier molecular flexibility index (Phi) is 2.06. The summed E-state index contributed by atoms with van der Waals surface area (Å²) in [6.45, 7) is 0. The minimum Gasteiger partial charge on any atom is -0.609 e. The fraction of sp³-hybridized carbons (Fsp3) is 0. The summed E-state index contributed by atoms with van der Waals surface area (Å²) < 4.78 is 0. The standard InChI is InChI=1S/C6H8N2O/c9-8-7-6-4-2-1-3-5-6/h1-5,7H,8H2. The van der Waals surface area contributed by atoms with Gasteiger partial charge >= 0.3 is 0 Å². The van der Waals surface area contributed by atoms with Crippen LogP contribution in [0.25, 0.3) is 0 Å². The Morgan fingerprint density at radius 3 is 2.44 bits per heavy atom. The Hall–Kier alpha value is -1.06. The third kappa shape index (κ3) is 1.71. The van der Waals surface area contributed by atoms with Crippen LogP contribution in [0.5, 0.6) is 0 Å². The number of rotatable bonds is 2. The maximum atomic E-state index is 9.86. The Bertz CT molecular complexity index is 164. The summed E-state index contributed by atoms with van der Waals surface area (Å²) >= 11 is 0. The molecule has 0 bridgehead atoms. The lowest BCUT2D eigenvalue weighted by Gasteiger charge is -2.03. The van der Waals surface area contributed by atoms with Crippen molar-refractivity contribution < 1.29 is 5.59 Å². The summed E-state index contributed by atoms with van der Waals surface area (Å²) in [5.74, 6) is 0. The average molecular weight is 124 g/mol. The molecule has 9 heavy (non-hydrogen) atoms. The highest BCUT2D eigenvalue weighted by molar-refractivity contribution is 5.39. The molecule has 3 N–H and O–H groups in total. The zero-order valence-corrected chi connectivity index (χ0v) is 4.87. The average Bonchev–Trinajstić information content (AvgIpc) is 1.91. The van der Waals surface area contributed by atoms with E-state index in [1.807, 2.05) is 30.3 Å². The van der Waals surface area contributed by atoms with E-state index in [1.54, 1.807) is 0 Å². The number of quaternary nitrogens is 1. The summed E-state index contributed by atoms with van der Waals surface area (Å²) in [6, 6.07) is 9.29. The molecule has 0 aliphatic heterocycles. The number of hydrogen-bond acceptors (Lipinski definition) is 2. The summed E-state index contributed by atoms with van der Waals surface area (Å²) in [5.41, 5.74) is 4.02. The van der Waals surface area contributed by atoms with Gasteiger partial charge in [-0.25, -0.2) is 5.43 Å². The summed E-state index contributed by atoms with van der Waals surface area (Å²) in [5, 5.41) is 9.86. The first-order valence-electron chi connectivity index (χ1n) is 2.69. The first-order chi connectivity index (χ1) is 4.43. The van der Waals surface area contributed by atoms with E-state index < -0.39 is 0 Å². The van der Waals surface area contributed by atoms with Crippen LogP contribution in [-0.4, -0.2) is 0 Å². The molecule has 1 aromatic rings. The molecule has 0 fully saturated rings. The number of nitrogen functional groups attached to an aromatic ring is 1. The van der Waals surface area contributed by atoms with Crippen molar-refractivity contribution in [1.82, 2.24) is 0 Å². The number of hydrogen-bond donors (Lipinski definition) is 2. The normalized spacial score (nSPS) is 9.00. The van der Waals surface area contributed by atoms with Gasteiger partial charge in [0.1, 0.15) is 0 Å². The third-order valence-electron chi connectivity index (χ3n) is 0.999. The van der Waals surface area contributed by atoms with Gasteiger partial charge in [0.15, 0.2) is 0 Å². The fourth-order valence-electron chi connectivity index (χ4n) is 0.602. The van der Waals surface area contributed by atoms with E-state index in [4.69, 9.17) is 0 Å². The Balaban J connectivity index is 2.61. The monoisotopic (exact) mass is 124 g/mol. The molecule has 48 valence electrons. The van der Waals surface area contributed by atoms with Crippen LogP contribution in [-0.2, 0) is 0 Å². The highest BCUT2D eigenvalue weighted by Gasteiger charge is 1.82. The first-order valence-corrected chi connectivity index (χ1v) is 2.69. The second-order valence-electron chi connectivity index (χ2n) is 1.63. The number of para-hydroxylation sites is 1. The molecule has 0 atom stereocenters. The molecule has 1 aromatic carbocycles. The molecule has 0 radical (unpaired) electrons. The molecule has 1 rings (SSSR count). The van der Waals surface area contributed by atoms with E-state index in [9.17, 15) is 5.21 Å². The van der Waals surface area contributed by atoms with Gasteiger partial charge < -0.3 is 5.21 Å². The Morgan fingerprint density at radius 1 is 1.22 bits per heavy atom. The van der Waals surface area contributed by atoms with Gasteiger partial charge in [0.2, 0.25) is 0 Å². The molecular weight excluding hydrogens is 116 g/mol. The minimum atomic E-state index is 0.662. The van der Waals surface area contributed by atoms with Crippen molar-refractivity contribution in [2.45, 2.75) is 0 Å². The van der Waals surface area contributed by atoms with E-state index in [0.29, 0.717) is 5.59 Å². The van der Waals surface area contributed by atoms with E-state index in [2.05, 4.69) is 5.43 Å². The summed E-state index contributed by atoms with van der Waals surface area (Å²) in [6.07, 6.45) is 0. The van der Waals surface area contributed by atoms with Gasteiger partial charge in [-0.05, 0) is 12.1 Å². The molecule has 0 aliphatic rings. The Morgan fingerprint density at radius 2 is 1.89 bits per heavy atom. The zero-order chi connectivity index (χ0) is 6.53. The molecule has 0 unspecified atom stereocenters. The van der Waals surface area contributed by atoms with Gasteiger partial charge in [0.25, 0.3) is 0 Å². The van der Waals surface area contributed by atoms with Gasteiger partial charge in [-0.2, -0.15) is 0 Å². The van der Waals surface area contributed by atoms with Gasteiger partial charge in [-0.1, -0.05) is 18.2 Å². The highest BCUT2D eigenvalue weighted by atomic mass is 16.5. The number of anilines is 1. The second kappa shape index (κ2) is 3.06. The van der Waals surface area contributed by atoms with Gasteiger partial charge in [0.05, 0.1) is 5.69 Å². The van der Waals surface area contributed by atoms with Crippen LogP contribution < -0.4 is 11.0 Å². The smallest absolute Gasteiger partial charge is 0.0851 e. The SMILES string of the molecule is [O-][NH2+]Nc1ccccc1. The predicted molar refractivity (Wildman–Crippen MR) is 35.4 cm³/mol. The van der Waals surface area contributed by atoms with Crippen molar-refractivity contribution in [3.05, 3.63) is 35.5 Å². The Labute approximate surface area is 53.2 Å². The minimum absolute atomic E-state index is 0.662. The number of nitrogens with two attached hydrogens (primary N) is 1. The second-order valence-corrected chi connectivity index (χ2v) is 1.63. The van der Waals surface area contributed by atoms with E-state index in [0.717, 1.165) is 5.69 Å². The molecule has 0 aromatic heterocycles. The zero-order valence-electron chi connectivity index (χ0n) is 4.87. The number of nitrogens with one attached hydrogen (secondary N) is 1. The molecule has 3 nitrogen and oxygen atoms in total. The van der Waals surface area contributed by atoms with Crippen LogP contribution >= 0.6 is 0 Å². The number of benzene rings is 1. The lowest BCUT2D eigenvalue weighted by Crippen LogP contribution is -2.82. The maximum Gasteiger partial charge on any atom is 0.0851 e. The maximum absolute atomic E-state index is 9.86. The van der Waals surface area contributed by atoms with Crippen molar-refractivity contribution in [1.29, 1.82) is 0 Å². The van der Waals surface area contributed by atoms with Crippen molar-refractivity contribution in [2.24, 2.45) is 0 Å². The molecule has 0 spiro atoms. The van der Waals surface area contributed by atoms with E-state index in [-0.39, 0.29) is 0 Å². The molecule has 3 heteroatoms. The van der Waals surface area contributed by atoms with Gasteiger partial charge in [0, 0.05) is 0 Å². The molecular formula is C6H8N2O. The van der Waals surface area contributed by atoms with Gasteiger partial charge in [-0.3, -0.25) is 5.59 Å². The van der Waals surface area contributed by atoms with Crippen LogP contribution in [0, 0.1) is 5.21 Å². The van der Waals surface area contributed by atoms with Crippen LogP contribution in [0.4, 0.5) is 5.69 Å². The quantitative estimate of drug-likeness (QED) is 0.433. The van der Waals surface area contributed by atoms with E-state index >= 15 is 0 Å². The molecule has 0 aliphatic carbocycles. The first kappa shape index (κ1) is 6.07. The fourth-order valence-corrected chi connectivity index (χ4v) is 0.602. The van der Waals surface area contributed by atoms with Crippen LogP contribution in [0.15, 0.2) is 30.3 Å². The van der Waals surface area contributed by atoms with Crippen LogP contribution in [0.3, 0.4) is 0 Å². The van der Waals surface area contributed by atoms with Crippen LogP contribution in [0.2, 0.25) is 0 Å². The van der Waals surface area contributed by atoms with Crippen molar-refractivity contribution in [3.8, 4) is 0 Å². The summed E-state index contributed by atoms with van der Waals surface area (Å²) in [4.78, 5) is 0. The lowest BCUT2D eigenvalue weighted by molar-refractivity contribution is -0.556. The molecule has 0 heterocycles.